The van der Waals surface area contributed by atoms with E-state index in [1.807, 2.05) is 0 Å². The number of benzene rings is 1. The molecule has 1 aliphatic rings. The summed E-state index contributed by atoms with van der Waals surface area (Å²) in [4.78, 5) is 34.3. The number of nitrogen functional groups attached to an aromatic ring is 1. The SMILES string of the molecule is Nc1nc2c(ncn2CCOCP(=O)(OCOC(=O)OC2CCCC2)OCc2cccc(Cl)c2)c(=O)[nH]1. The van der Waals surface area contributed by atoms with Gasteiger partial charge in [0.2, 0.25) is 12.7 Å². The highest BCUT2D eigenvalue weighted by Crippen LogP contribution is 2.49. The molecule has 4 rings (SSSR count). The van der Waals surface area contributed by atoms with Gasteiger partial charge in [0.25, 0.3) is 5.56 Å². The van der Waals surface area contributed by atoms with E-state index in [1.165, 1.54) is 6.33 Å². The van der Waals surface area contributed by atoms with Gasteiger partial charge in [-0.15, -0.1) is 0 Å². The van der Waals surface area contributed by atoms with Gasteiger partial charge in [0, 0.05) is 11.6 Å². The van der Waals surface area contributed by atoms with Gasteiger partial charge in [-0.05, 0) is 43.4 Å². The molecule has 3 N–H and O–H groups in total. The zero-order chi connectivity index (χ0) is 26.3. The number of nitrogens with two attached hydrogens (primary N) is 1. The number of hydrogen-bond acceptors (Lipinski definition) is 11. The Hall–Kier alpha value is -2.96. The third-order valence-electron chi connectivity index (χ3n) is 5.53. The molecule has 13 nitrogen and oxygen atoms in total. The van der Waals surface area contributed by atoms with Crippen LogP contribution in [0.5, 0.6) is 0 Å². The molecule has 0 saturated heterocycles. The molecular formula is C22H27ClN5O8P. The van der Waals surface area contributed by atoms with Crippen molar-refractivity contribution in [3.05, 3.63) is 51.5 Å². The summed E-state index contributed by atoms with van der Waals surface area (Å²) in [6, 6.07) is 6.83. The average Bonchev–Trinajstić information content (AvgIpc) is 3.51. The molecule has 0 radical (unpaired) electrons. The summed E-state index contributed by atoms with van der Waals surface area (Å²) in [6.45, 7) is -0.436. The van der Waals surface area contributed by atoms with E-state index in [2.05, 4.69) is 15.0 Å². The Kier molecular flexibility index (Phi) is 9.17. The predicted octanol–water partition coefficient (Wildman–Crippen LogP) is 3.81. The number of hydrogen-bond donors (Lipinski definition) is 2. The minimum Gasteiger partial charge on any atom is -0.431 e. The van der Waals surface area contributed by atoms with Crippen molar-refractivity contribution in [2.75, 3.05) is 25.5 Å². The van der Waals surface area contributed by atoms with Crippen LogP contribution in [0.15, 0.2) is 35.4 Å². The van der Waals surface area contributed by atoms with Crippen LogP contribution in [0.1, 0.15) is 31.2 Å². The molecule has 1 aromatic carbocycles. The first kappa shape index (κ1) is 27.1. The van der Waals surface area contributed by atoms with Gasteiger partial charge in [-0.3, -0.25) is 18.9 Å². The first-order chi connectivity index (χ1) is 17.8. The monoisotopic (exact) mass is 555 g/mol. The van der Waals surface area contributed by atoms with Gasteiger partial charge >= 0.3 is 13.8 Å². The fraction of sp³-hybridized carbons (Fsp3) is 0.455. The highest BCUT2D eigenvalue weighted by molar-refractivity contribution is 7.53. The van der Waals surface area contributed by atoms with Gasteiger partial charge in [-0.25, -0.2) is 9.78 Å². The molecule has 1 fully saturated rings. The number of carbonyl (C=O) groups excluding carboxylic acids is 1. The summed E-state index contributed by atoms with van der Waals surface area (Å²) in [5, 5.41) is 0.492. The van der Waals surface area contributed by atoms with Gasteiger partial charge in [-0.1, -0.05) is 23.7 Å². The zero-order valence-corrected chi connectivity index (χ0v) is 21.5. The molecule has 0 spiro atoms. The molecule has 1 saturated carbocycles. The molecular weight excluding hydrogens is 529 g/mol. The van der Waals surface area contributed by atoms with E-state index in [1.54, 1.807) is 28.8 Å². The number of fused-ring (bicyclic) bond motifs is 1. The van der Waals surface area contributed by atoms with Crippen molar-refractivity contribution >= 4 is 42.5 Å². The van der Waals surface area contributed by atoms with Crippen LogP contribution >= 0.6 is 19.2 Å². The summed E-state index contributed by atoms with van der Waals surface area (Å²) < 4.78 is 41.4. The van der Waals surface area contributed by atoms with Crippen molar-refractivity contribution < 1.29 is 32.6 Å². The molecule has 2 aromatic heterocycles. The van der Waals surface area contributed by atoms with Crippen LogP contribution in [0.25, 0.3) is 11.2 Å². The van der Waals surface area contributed by atoms with E-state index in [4.69, 9.17) is 40.6 Å². The number of anilines is 1. The van der Waals surface area contributed by atoms with E-state index in [0.717, 1.165) is 25.7 Å². The molecule has 0 aliphatic heterocycles. The van der Waals surface area contributed by atoms with Gasteiger partial charge in [0.1, 0.15) is 12.5 Å². The number of halogens is 1. The molecule has 3 aromatic rings. The second-order valence-electron chi connectivity index (χ2n) is 8.28. The third-order valence-corrected chi connectivity index (χ3v) is 7.28. The van der Waals surface area contributed by atoms with Crippen molar-refractivity contribution in [2.45, 2.75) is 44.9 Å². The lowest BCUT2D eigenvalue weighted by Gasteiger charge is -2.19. The number of aromatic amines is 1. The van der Waals surface area contributed by atoms with Crippen molar-refractivity contribution in [1.82, 2.24) is 19.5 Å². The minimum absolute atomic E-state index is 0.0426. The maximum atomic E-state index is 13.3. The van der Waals surface area contributed by atoms with Gasteiger partial charge in [-0.2, -0.15) is 4.98 Å². The Balaban J connectivity index is 1.32. The lowest BCUT2D eigenvalue weighted by atomic mass is 10.2. The first-order valence-electron chi connectivity index (χ1n) is 11.6. The maximum absolute atomic E-state index is 13.3. The van der Waals surface area contributed by atoms with Crippen LogP contribution in [0, 0.1) is 0 Å². The van der Waals surface area contributed by atoms with E-state index in [0.29, 0.717) is 10.6 Å². The summed E-state index contributed by atoms with van der Waals surface area (Å²) in [5.74, 6) is -0.0426. The molecule has 0 bridgehead atoms. The molecule has 37 heavy (non-hydrogen) atoms. The number of nitrogens with one attached hydrogen (secondary N) is 1. The Morgan fingerprint density at radius 3 is 2.86 bits per heavy atom. The smallest absolute Gasteiger partial charge is 0.431 e. The second-order valence-corrected chi connectivity index (χ2v) is 10.7. The summed E-state index contributed by atoms with van der Waals surface area (Å²) in [7, 11) is -3.88. The van der Waals surface area contributed by atoms with Crippen molar-refractivity contribution in [3.63, 3.8) is 0 Å². The predicted molar refractivity (Wildman–Crippen MR) is 133 cm³/mol. The van der Waals surface area contributed by atoms with E-state index in [9.17, 15) is 14.2 Å². The molecule has 1 unspecified atom stereocenters. The van der Waals surface area contributed by atoms with E-state index >= 15 is 0 Å². The quantitative estimate of drug-likeness (QED) is 0.144. The van der Waals surface area contributed by atoms with Crippen LogP contribution in [0.2, 0.25) is 5.02 Å². The average molecular weight is 556 g/mol. The Morgan fingerprint density at radius 1 is 1.27 bits per heavy atom. The molecule has 1 atom stereocenters. The van der Waals surface area contributed by atoms with Gasteiger partial charge in [0.15, 0.2) is 11.2 Å². The second kappa shape index (κ2) is 12.5. The molecule has 0 amide bonds. The molecule has 200 valence electrons. The maximum Gasteiger partial charge on any atom is 0.510 e. The Morgan fingerprint density at radius 2 is 2.08 bits per heavy atom. The number of carbonyl (C=O) groups is 1. The van der Waals surface area contributed by atoms with Gasteiger partial charge in [0.05, 0.1) is 19.5 Å². The van der Waals surface area contributed by atoms with E-state index in [-0.39, 0.29) is 43.0 Å². The summed E-state index contributed by atoms with van der Waals surface area (Å²) in [5.41, 5.74) is 6.23. The van der Waals surface area contributed by atoms with Crippen LogP contribution in [0.3, 0.4) is 0 Å². The highest BCUT2D eigenvalue weighted by Gasteiger charge is 2.27. The largest absolute Gasteiger partial charge is 0.510 e. The molecule has 2 heterocycles. The Labute approximate surface area is 216 Å². The molecule has 1 aliphatic carbocycles. The third kappa shape index (κ3) is 7.76. The number of rotatable bonds is 12. The number of aromatic nitrogens is 4. The first-order valence-corrected chi connectivity index (χ1v) is 13.7. The standard InChI is InChI=1S/C22H27ClN5O8P/c23-16-5-3-4-15(10-16)11-34-37(31,35-13-33-22(30)36-17-6-1-2-7-17)14-32-9-8-28-12-25-18-19(28)26-21(24)27-20(18)29/h3-5,10,12,17H,1-2,6-9,11,13-14H2,(H3,24,26,27,29). The fourth-order valence-electron chi connectivity index (χ4n) is 3.72. The lowest BCUT2D eigenvalue weighted by molar-refractivity contribution is -0.0211. The van der Waals surface area contributed by atoms with Crippen molar-refractivity contribution in [2.24, 2.45) is 0 Å². The highest BCUT2D eigenvalue weighted by atomic mass is 35.5. The number of imidazole rings is 1. The van der Waals surface area contributed by atoms with Crippen LogP contribution in [0.4, 0.5) is 10.7 Å². The van der Waals surface area contributed by atoms with Crippen LogP contribution in [-0.4, -0.2) is 51.5 Å². The number of H-pyrrole nitrogens is 1. The number of nitrogens with zero attached hydrogens (tertiary/aromatic N) is 3. The van der Waals surface area contributed by atoms with Gasteiger partial charge < -0.3 is 29.0 Å². The summed E-state index contributed by atoms with van der Waals surface area (Å²) >= 11 is 6.00. The zero-order valence-electron chi connectivity index (χ0n) is 19.8. The van der Waals surface area contributed by atoms with Crippen LogP contribution in [-0.2, 0) is 41.0 Å². The fourth-order valence-corrected chi connectivity index (χ4v) is 5.06. The van der Waals surface area contributed by atoms with Crippen molar-refractivity contribution in [3.8, 4) is 0 Å². The van der Waals surface area contributed by atoms with Crippen LogP contribution < -0.4 is 11.3 Å². The normalized spacial score (nSPS) is 15.6. The van der Waals surface area contributed by atoms with E-state index < -0.39 is 32.5 Å². The molecule has 15 heteroatoms. The minimum atomic E-state index is -3.88. The number of ether oxygens (including phenoxy) is 3. The van der Waals surface area contributed by atoms with Crippen molar-refractivity contribution in [1.29, 1.82) is 0 Å². The summed E-state index contributed by atoms with van der Waals surface area (Å²) in [6.07, 6.45) is 3.47. The lowest BCUT2D eigenvalue weighted by Crippen LogP contribution is -2.17. The Bertz CT molecular complexity index is 1330. The topological polar surface area (TPSA) is 170 Å².